The van der Waals surface area contributed by atoms with Crippen LogP contribution in [0.5, 0.6) is 0 Å². The topological polar surface area (TPSA) is 25.8 Å². The van der Waals surface area contributed by atoms with Crippen molar-refractivity contribution in [3.63, 3.8) is 0 Å². The van der Waals surface area contributed by atoms with Crippen molar-refractivity contribution < 1.29 is 24.5 Å². The Hall–Kier alpha value is -3.02. The van der Waals surface area contributed by atoms with E-state index in [0.29, 0.717) is 5.92 Å². The molecule has 1 saturated carbocycles. The van der Waals surface area contributed by atoms with Gasteiger partial charge in [0, 0.05) is 37.2 Å². The second kappa shape index (κ2) is 15.5. The minimum absolute atomic E-state index is 0. The van der Waals surface area contributed by atoms with E-state index in [0.717, 1.165) is 61.4 Å². The predicted octanol–water partition coefficient (Wildman–Crippen LogP) is 11.1. The second-order valence-electron chi connectivity index (χ2n) is 14.1. The summed E-state index contributed by atoms with van der Waals surface area (Å²) in [6.45, 7) is 11.7. The molecule has 0 saturated heterocycles. The number of benzene rings is 3. The zero-order chi connectivity index (χ0) is 32.3. The Bertz CT molecular complexity index is 1940. The molecule has 1 aliphatic rings. The quantitative estimate of drug-likeness (QED) is 0.118. The van der Waals surface area contributed by atoms with Crippen molar-refractivity contribution in [1.82, 2.24) is 9.97 Å². The van der Waals surface area contributed by atoms with Gasteiger partial charge in [0.15, 0.2) is 0 Å². The van der Waals surface area contributed by atoms with Crippen molar-refractivity contribution in [2.75, 3.05) is 0 Å². The number of hydrogen-bond donors (Lipinski definition) is 0. The van der Waals surface area contributed by atoms with Crippen molar-refractivity contribution >= 4 is 44.8 Å². The Balaban J connectivity index is 0.000000188. The Morgan fingerprint density at radius 2 is 1.66 bits per heavy atom. The molecule has 0 aliphatic heterocycles. The van der Waals surface area contributed by atoms with Gasteiger partial charge in [-0.25, -0.2) is 4.39 Å². The summed E-state index contributed by atoms with van der Waals surface area (Å²) < 4.78 is 15.6. The summed E-state index contributed by atoms with van der Waals surface area (Å²) in [5.41, 5.74) is 6.95. The van der Waals surface area contributed by atoms with Gasteiger partial charge in [0.25, 0.3) is 0 Å². The summed E-state index contributed by atoms with van der Waals surface area (Å²) in [5.74, 6) is 1.31. The van der Waals surface area contributed by atoms with Gasteiger partial charge in [-0.2, -0.15) is 11.3 Å². The Morgan fingerprint density at radius 3 is 2.38 bits per heavy atom. The summed E-state index contributed by atoms with van der Waals surface area (Å²) in [5, 5.41) is 3.75. The van der Waals surface area contributed by atoms with Crippen LogP contribution in [0.15, 0.2) is 85.2 Å². The van der Waals surface area contributed by atoms with Crippen molar-refractivity contribution in [3.8, 4) is 22.5 Å². The molecule has 1 fully saturated rings. The molecule has 0 unspecified atom stereocenters. The van der Waals surface area contributed by atoms with Crippen molar-refractivity contribution in [1.29, 1.82) is 0 Å². The molecule has 0 atom stereocenters. The van der Waals surface area contributed by atoms with Gasteiger partial charge in [0.05, 0.1) is 8.07 Å². The second-order valence-corrected chi connectivity index (χ2v) is 20.2. The van der Waals surface area contributed by atoms with Gasteiger partial charge in [0.2, 0.25) is 0 Å². The first-order valence-corrected chi connectivity index (χ1v) is 20.9. The minimum Gasteiger partial charge on any atom is -0.305 e. The first kappa shape index (κ1) is 35.3. The third-order valence-corrected chi connectivity index (χ3v) is 12.1. The van der Waals surface area contributed by atoms with E-state index in [9.17, 15) is 4.39 Å². The first-order valence-electron chi connectivity index (χ1n) is 16.6. The van der Waals surface area contributed by atoms with E-state index in [1.165, 1.54) is 48.1 Å². The van der Waals surface area contributed by atoms with Gasteiger partial charge in [-0.3, -0.25) is 0 Å². The number of nitrogens with zero attached hydrogens (tertiary/aromatic N) is 2. The molecular formula is C41H43FIrN2SSi-2. The van der Waals surface area contributed by atoms with Crippen molar-refractivity contribution in [3.05, 3.63) is 114 Å². The first-order chi connectivity index (χ1) is 22.1. The molecule has 6 heteroatoms. The molecule has 0 bridgehead atoms. The molecule has 0 N–H and O–H groups in total. The number of fused-ring (bicyclic) bond motifs is 3. The molecule has 2 nitrogen and oxygen atoms in total. The minimum atomic E-state index is -1.34. The van der Waals surface area contributed by atoms with Crippen LogP contribution in [-0.4, -0.2) is 18.0 Å². The fourth-order valence-corrected chi connectivity index (χ4v) is 9.30. The van der Waals surface area contributed by atoms with Crippen LogP contribution in [0.25, 0.3) is 42.7 Å². The predicted molar refractivity (Wildman–Crippen MR) is 197 cm³/mol. The number of rotatable bonds is 7. The molecule has 1 radical (unpaired) electrons. The number of halogens is 1. The summed E-state index contributed by atoms with van der Waals surface area (Å²) >= 11 is 1.61. The summed E-state index contributed by atoms with van der Waals surface area (Å²) in [6, 6.07) is 30.5. The van der Waals surface area contributed by atoms with E-state index < -0.39 is 8.07 Å². The summed E-state index contributed by atoms with van der Waals surface area (Å²) in [6.07, 6.45) is 11.8. The molecule has 7 rings (SSSR count). The molecule has 6 aromatic rings. The molecule has 0 spiro atoms. The van der Waals surface area contributed by atoms with Gasteiger partial charge in [-0.15, -0.1) is 59.7 Å². The monoisotopic (exact) mass is 835 g/mol. The number of thiophene rings is 1. The fourth-order valence-electron chi connectivity index (χ4n) is 6.62. The van der Waals surface area contributed by atoms with E-state index in [4.69, 9.17) is 0 Å². The van der Waals surface area contributed by atoms with Crippen molar-refractivity contribution in [2.45, 2.75) is 72.0 Å². The smallest absolute Gasteiger partial charge is 0.124 e. The Labute approximate surface area is 298 Å². The molecule has 245 valence electrons. The van der Waals surface area contributed by atoms with Gasteiger partial charge < -0.3 is 9.97 Å². The van der Waals surface area contributed by atoms with Gasteiger partial charge in [0.1, 0.15) is 5.82 Å². The van der Waals surface area contributed by atoms with Gasteiger partial charge in [-0.05, 0) is 69.5 Å². The summed E-state index contributed by atoms with van der Waals surface area (Å²) in [7, 11) is -1.34. The van der Waals surface area contributed by atoms with Crippen molar-refractivity contribution in [2.24, 2.45) is 11.8 Å². The molecule has 3 aromatic heterocycles. The zero-order valence-corrected chi connectivity index (χ0v) is 32.2. The van der Waals surface area contributed by atoms with Gasteiger partial charge >= 0.3 is 0 Å². The summed E-state index contributed by atoms with van der Waals surface area (Å²) in [4.78, 5) is 9.27. The van der Waals surface area contributed by atoms with E-state index in [-0.39, 0.29) is 25.9 Å². The molecule has 3 heterocycles. The molecule has 3 aromatic carbocycles. The fraction of sp³-hybridized carbons (Fsp3) is 0.317. The van der Waals surface area contributed by atoms with E-state index in [2.05, 4.69) is 92.1 Å². The molecule has 0 amide bonds. The van der Waals surface area contributed by atoms with Crippen LogP contribution in [0, 0.1) is 29.8 Å². The van der Waals surface area contributed by atoms with Crippen LogP contribution in [0.4, 0.5) is 4.39 Å². The standard InChI is InChI=1S/C23H19FNS.C18H24NSi.Ir/c24-18-6-7-19-20-13-17(5-8-22(20)26-23(19)14-18)21-12-16(9-10-25-21)11-15-3-1-2-4-15;1-14(2)11-16-12-17(15-9-7-6-8-10-15)19-13-18(16)20(3,4)5;/h6-10,12-15H,1-4,11H2;6-9,12-14H,11H2,1-5H3;/q2*-1;. The molecule has 1 aliphatic carbocycles. The number of pyridine rings is 2. The van der Waals surface area contributed by atoms with Crippen LogP contribution in [0.1, 0.15) is 50.7 Å². The molecular weight excluding hydrogens is 792 g/mol. The van der Waals surface area contributed by atoms with Crippen LogP contribution >= 0.6 is 11.3 Å². The average molecular weight is 835 g/mol. The third-order valence-electron chi connectivity index (χ3n) is 8.88. The number of aromatic nitrogens is 2. The van der Waals surface area contributed by atoms with Crippen LogP contribution in [0.3, 0.4) is 0 Å². The maximum Gasteiger partial charge on any atom is 0.124 e. The normalized spacial score (nSPS) is 13.5. The van der Waals surface area contributed by atoms with Crippen LogP contribution in [-0.2, 0) is 32.9 Å². The largest absolute Gasteiger partial charge is 0.305 e. The Kier molecular flexibility index (Phi) is 11.6. The number of hydrogen-bond acceptors (Lipinski definition) is 3. The zero-order valence-electron chi connectivity index (χ0n) is 28.0. The molecule has 47 heavy (non-hydrogen) atoms. The van der Waals surface area contributed by atoms with Gasteiger partial charge in [-0.1, -0.05) is 93.9 Å². The van der Waals surface area contributed by atoms with E-state index >= 15 is 0 Å². The maximum atomic E-state index is 13.5. The Morgan fingerprint density at radius 1 is 0.872 bits per heavy atom. The SMILES string of the molecule is CC(C)Cc1cc(-c2[c-]cccc2)ncc1[Si](C)(C)C.Fc1ccc2c(c1)sc1c[c-]c(-c3cc(CC4CCCC4)ccn3)cc12.[Ir]. The maximum absolute atomic E-state index is 13.5. The van der Waals surface area contributed by atoms with E-state index in [1.54, 1.807) is 17.4 Å². The van der Waals surface area contributed by atoms with Crippen LogP contribution < -0.4 is 5.19 Å². The average Bonchev–Trinajstić information content (AvgIpc) is 3.68. The van der Waals surface area contributed by atoms with E-state index in [1.807, 2.05) is 36.5 Å². The third kappa shape index (κ3) is 8.72. The van der Waals surface area contributed by atoms with Crippen LogP contribution in [0.2, 0.25) is 19.6 Å².